The Kier molecular flexibility index (Phi) is 18.3. The zero-order chi connectivity index (χ0) is 32.2. The molecule has 0 aliphatic heterocycles. The smallest absolute Gasteiger partial charge is 0.260 e. The predicted octanol–water partition coefficient (Wildman–Crippen LogP) is 7.13. The van der Waals surface area contributed by atoms with Crippen LogP contribution in [0.3, 0.4) is 0 Å². The van der Waals surface area contributed by atoms with Crippen molar-refractivity contribution in [2.75, 3.05) is 33.1 Å². The van der Waals surface area contributed by atoms with E-state index in [9.17, 15) is 9.59 Å². The van der Waals surface area contributed by atoms with Gasteiger partial charge in [0.25, 0.3) is 11.8 Å². The summed E-state index contributed by atoms with van der Waals surface area (Å²) in [6, 6.07) is 1.60. The lowest BCUT2D eigenvalue weighted by molar-refractivity contribution is -0.111. The Morgan fingerprint density at radius 2 is 1.70 bits per heavy atom. The van der Waals surface area contributed by atoms with Crippen molar-refractivity contribution in [3.63, 3.8) is 0 Å². The van der Waals surface area contributed by atoms with Gasteiger partial charge in [-0.1, -0.05) is 78.4 Å². The maximum Gasteiger partial charge on any atom is 0.260 e. The average molecular weight is 613 g/mol. The minimum absolute atomic E-state index is 0.212. The normalized spacial score (nSPS) is 11.9. The Morgan fingerprint density at radius 3 is 2.23 bits per heavy atom. The van der Waals surface area contributed by atoms with E-state index in [1.165, 1.54) is 62.3 Å². The summed E-state index contributed by atoms with van der Waals surface area (Å²) in [5.41, 5.74) is 8.27. The van der Waals surface area contributed by atoms with Crippen molar-refractivity contribution < 1.29 is 14.3 Å². The number of aromatic nitrogens is 2. The van der Waals surface area contributed by atoms with Crippen molar-refractivity contribution >= 4 is 40.0 Å². The van der Waals surface area contributed by atoms with Gasteiger partial charge in [0.2, 0.25) is 0 Å². The van der Waals surface area contributed by atoms with Gasteiger partial charge in [-0.15, -0.1) is 11.3 Å². The number of hydrogen-bond donors (Lipinski definition) is 3. The first kappa shape index (κ1) is 37.4. The summed E-state index contributed by atoms with van der Waals surface area (Å²) in [5, 5.41) is 6.07. The van der Waals surface area contributed by atoms with Crippen molar-refractivity contribution in [3.8, 4) is 0 Å². The number of carbonyl (C=O) groups is 2. The van der Waals surface area contributed by atoms with Gasteiger partial charge in [-0.3, -0.25) is 14.6 Å². The number of aryl methyl sites for hydroxylation is 1. The van der Waals surface area contributed by atoms with Gasteiger partial charge in [0.15, 0.2) is 5.88 Å². The van der Waals surface area contributed by atoms with Crippen molar-refractivity contribution in [1.82, 2.24) is 20.2 Å². The highest BCUT2D eigenvalue weighted by molar-refractivity contribution is 7.14. The summed E-state index contributed by atoms with van der Waals surface area (Å²) >= 11 is 1.33. The standard InChI is InChI=1S/C25H34N6O3S.C8H18/c1-7-9-10-18(25(34-6)31(4)5)21-15-29-24(35-21)19(13-26)23(33)30-20-12-17(14-28-16(20)3)22(32)27-11-8-2;1-3-5-7-8-6-4-2/h9-10,12-15H,7-8,11,26H2,1-6H3,(H,27,32)(H,30,33);3-8H2,1-2H3/b10-9+,19-13-,25-18-;. The monoisotopic (exact) mass is 612 g/mol. The molecule has 0 atom stereocenters. The minimum atomic E-state index is -0.446. The molecule has 238 valence electrons. The molecule has 0 aliphatic rings. The van der Waals surface area contributed by atoms with E-state index in [1.807, 2.05) is 45.0 Å². The number of allylic oxidation sites excluding steroid dienone is 3. The molecule has 4 N–H and O–H groups in total. The largest absolute Gasteiger partial charge is 0.482 e. The summed E-state index contributed by atoms with van der Waals surface area (Å²) in [6.07, 6.45) is 18.6. The van der Waals surface area contributed by atoms with Crippen LogP contribution >= 0.6 is 11.3 Å². The first-order valence-corrected chi connectivity index (χ1v) is 16.1. The van der Waals surface area contributed by atoms with Crippen LogP contribution in [-0.4, -0.2) is 54.4 Å². The molecule has 2 heterocycles. The number of nitrogens with one attached hydrogen (secondary N) is 2. The maximum atomic E-state index is 13.1. The first-order valence-electron chi connectivity index (χ1n) is 15.2. The number of amides is 2. The van der Waals surface area contributed by atoms with Crippen LogP contribution < -0.4 is 16.4 Å². The summed E-state index contributed by atoms with van der Waals surface area (Å²) in [4.78, 5) is 36.8. The molecule has 0 fully saturated rings. The lowest BCUT2D eigenvalue weighted by Gasteiger charge is -2.18. The molecule has 0 spiro atoms. The summed E-state index contributed by atoms with van der Waals surface area (Å²) in [7, 11) is 5.40. The van der Waals surface area contributed by atoms with Crippen LogP contribution in [0.4, 0.5) is 5.69 Å². The quantitative estimate of drug-likeness (QED) is 0.0797. The molecular weight excluding hydrogens is 560 g/mol. The molecule has 0 saturated carbocycles. The van der Waals surface area contributed by atoms with E-state index in [1.54, 1.807) is 26.3 Å². The molecule has 10 heteroatoms. The van der Waals surface area contributed by atoms with E-state index in [0.717, 1.165) is 23.3 Å². The second-order valence-electron chi connectivity index (χ2n) is 10.2. The van der Waals surface area contributed by atoms with Gasteiger partial charge >= 0.3 is 0 Å². The Labute approximate surface area is 262 Å². The average Bonchev–Trinajstić information content (AvgIpc) is 3.47. The lowest BCUT2D eigenvalue weighted by Crippen LogP contribution is -2.24. The van der Waals surface area contributed by atoms with E-state index in [2.05, 4.69) is 34.4 Å². The number of pyridine rings is 1. The number of nitrogens with zero attached hydrogens (tertiary/aromatic N) is 3. The Balaban J connectivity index is 0.00000101. The lowest BCUT2D eigenvalue weighted by atomic mass is 10.1. The molecule has 9 nitrogen and oxygen atoms in total. The van der Waals surface area contributed by atoms with E-state index >= 15 is 0 Å². The van der Waals surface area contributed by atoms with Gasteiger partial charge in [-0.25, -0.2) is 4.98 Å². The second-order valence-corrected chi connectivity index (χ2v) is 11.2. The van der Waals surface area contributed by atoms with Crippen molar-refractivity contribution in [2.45, 2.75) is 86.0 Å². The number of hydrogen-bond acceptors (Lipinski definition) is 8. The zero-order valence-corrected chi connectivity index (χ0v) is 28.2. The van der Waals surface area contributed by atoms with Crippen molar-refractivity contribution in [3.05, 3.63) is 63.8 Å². The first-order chi connectivity index (χ1) is 20.7. The van der Waals surface area contributed by atoms with E-state index in [0.29, 0.717) is 34.4 Å². The maximum absolute atomic E-state index is 13.1. The van der Waals surface area contributed by atoms with Crippen LogP contribution in [0.5, 0.6) is 0 Å². The van der Waals surface area contributed by atoms with Crippen LogP contribution in [0.2, 0.25) is 0 Å². The number of unbranched alkanes of at least 4 members (excludes halogenated alkanes) is 5. The molecule has 2 rings (SSSR count). The van der Waals surface area contributed by atoms with E-state index in [-0.39, 0.29) is 11.5 Å². The third-order valence-corrected chi connectivity index (χ3v) is 7.42. The Hall–Kier alpha value is -3.66. The minimum Gasteiger partial charge on any atom is -0.482 e. The molecule has 2 aromatic heterocycles. The van der Waals surface area contributed by atoms with Gasteiger partial charge in [-0.2, -0.15) is 0 Å². The fraction of sp³-hybridized carbons (Fsp3) is 0.515. The van der Waals surface area contributed by atoms with Crippen LogP contribution in [0.1, 0.15) is 105 Å². The van der Waals surface area contributed by atoms with Gasteiger partial charge in [0.05, 0.1) is 40.1 Å². The van der Waals surface area contributed by atoms with Crippen LogP contribution in [0, 0.1) is 6.92 Å². The van der Waals surface area contributed by atoms with E-state index < -0.39 is 5.91 Å². The molecular formula is C33H52N6O3S. The number of ether oxygens (including phenoxy) is 1. The summed E-state index contributed by atoms with van der Waals surface area (Å²) < 4.78 is 5.59. The fourth-order valence-corrected chi connectivity index (χ4v) is 4.92. The number of nitrogens with two attached hydrogens (primary N) is 1. The molecule has 0 radical (unpaired) electrons. The van der Waals surface area contributed by atoms with Crippen LogP contribution in [0.25, 0.3) is 11.1 Å². The molecule has 2 amide bonds. The highest BCUT2D eigenvalue weighted by Gasteiger charge is 2.20. The Morgan fingerprint density at radius 1 is 1.02 bits per heavy atom. The number of thiazole rings is 1. The fourth-order valence-electron chi connectivity index (χ4n) is 3.96. The molecule has 0 bridgehead atoms. The molecule has 0 aliphatic carbocycles. The SMILES string of the molecule is CC/C=C/C(=C(/OC)N(C)C)c1cnc(/C(=C\N)C(=O)Nc2cc(C(=O)NCCC)cnc2C)s1.CCCCCCCC. The van der Waals surface area contributed by atoms with Gasteiger partial charge < -0.3 is 26.0 Å². The molecule has 43 heavy (non-hydrogen) atoms. The Bertz CT molecular complexity index is 1230. The van der Waals surface area contributed by atoms with Gasteiger partial charge in [0.1, 0.15) is 5.01 Å². The molecule has 0 aromatic carbocycles. The zero-order valence-electron chi connectivity index (χ0n) is 27.4. The summed E-state index contributed by atoms with van der Waals surface area (Å²) in [5.74, 6) is -0.0191. The highest BCUT2D eigenvalue weighted by Crippen LogP contribution is 2.31. The third-order valence-electron chi connectivity index (χ3n) is 6.35. The topological polar surface area (TPSA) is 122 Å². The number of carbonyl (C=O) groups excluding carboxylic acids is 2. The number of anilines is 1. The van der Waals surface area contributed by atoms with Crippen molar-refractivity contribution in [1.29, 1.82) is 0 Å². The second kappa shape index (κ2) is 21.1. The van der Waals surface area contributed by atoms with Crippen LogP contribution in [-0.2, 0) is 9.53 Å². The third kappa shape index (κ3) is 12.6. The number of rotatable bonds is 16. The van der Waals surface area contributed by atoms with Crippen molar-refractivity contribution in [2.24, 2.45) is 5.73 Å². The molecule has 0 saturated heterocycles. The molecule has 2 aromatic rings. The van der Waals surface area contributed by atoms with E-state index in [4.69, 9.17) is 10.5 Å². The van der Waals surface area contributed by atoms with Gasteiger partial charge in [-0.05, 0) is 25.8 Å². The van der Waals surface area contributed by atoms with Crippen LogP contribution in [0.15, 0.2) is 42.7 Å². The summed E-state index contributed by atoms with van der Waals surface area (Å²) in [6.45, 7) is 10.8. The molecule has 0 unspecified atom stereocenters. The highest BCUT2D eigenvalue weighted by atomic mass is 32.1. The van der Waals surface area contributed by atoms with Gasteiger partial charge in [0, 0.05) is 39.2 Å². The number of methoxy groups -OCH3 is 1. The predicted molar refractivity (Wildman–Crippen MR) is 181 cm³/mol.